The molecule has 0 spiro atoms. The van der Waals surface area contributed by atoms with Gasteiger partial charge in [0.15, 0.2) is 0 Å². The van der Waals surface area contributed by atoms with E-state index in [1.165, 1.54) is 0 Å². The highest BCUT2D eigenvalue weighted by Gasteiger charge is 2.23. The highest BCUT2D eigenvalue weighted by molar-refractivity contribution is 5.13. The fourth-order valence-corrected chi connectivity index (χ4v) is 2.42. The Bertz CT molecular complexity index is 527. The molecule has 104 valence electrons. The maximum Gasteiger partial charge on any atom is 0.122 e. The third-order valence-corrected chi connectivity index (χ3v) is 3.35. The second kappa shape index (κ2) is 5.54. The summed E-state index contributed by atoms with van der Waals surface area (Å²) < 4.78 is 3.83. The number of rotatable bonds is 5. The first-order chi connectivity index (χ1) is 8.99. The van der Waals surface area contributed by atoms with Crippen LogP contribution >= 0.6 is 0 Å². The van der Waals surface area contributed by atoms with Crippen molar-refractivity contribution < 1.29 is 0 Å². The van der Waals surface area contributed by atoms with Gasteiger partial charge in [-0.05, 0) is 14.0 Å². The zero-order chi connectivity index (χ0) is 14.0. The van der Waals surface area contributed by atoms with Crippen LogP contribution in [0.5, 0.6) is 0 Å². The standard InChI is InChI=1S/C13H22N6/c1-10(14)13(11-7-16-19(4)8-11)18(3)9-12-15-5-6-17(12)2/h5-8,10,13H,9,14H2,1-4H3. The molecule has 2 heterocycles. The van der Waals surface area contributed by atoms with Crippen LogP contribution in [0.1, 0.15) is 24.4 Å². The van der Waals surface area contributed by atoms with Crippen molar-refractivity contribution in [2.24, 2.45) is 19.8 Å². The van der Waals surface area contributed by atoms with E-state index in [2.05, 4.69) is 22.0 Å². The Morgan fingerprint density at radius 2 is 2.16 bits per heavy atom. The Labute approximate surface area is 113 Å². The normalized spacial score (nSPS) is 14.8. The molecule has 0 amide bonds. The second-order valence-corrected chi connectivity index (χ2v) is 5.12. The Morgan fingerprint density at radius 3 is 2.63 bits per heavy atom. The van der Waals surface area contributed by atoms with Gasteiger partial charge in [-0.2, -0.15) is 5.10 Å². The van der Waals surface area contributed by atoms with Crippen LogP contribution < -0.4 is 5.73 Å². The van der Waals surface area contributed by atoms with E-state index in [1.54, 1.807) is 4.68 Å². The van der Waals surface area contributed by atoms with Gasteiger partial charge in [-0.1, -0.05) is 0 Å². The summed E-state index contributed by atoms with van der Waals surface area (Å²) in [6, 6.07) is 0.153. The fraction of sp³-hybridized carbons (Fsp3) is 0.538. The second-order valence-electron chi connectivity index (χ2n) is 5.12. The van der Waals surface area contributed by atoms with Gasteiger partial charge in [-0.25, -0.2) is 4.98 Å². The zero-order valence-corrected chi connectivity index (χ0v) is 12.0. The fourth-order valence-electron chi connectivity index (χ4n) is 2.42. The molecule has 0 aliphatic rings. The summed E-state index contributed by atoms with van der Waals surface area (Å²) >= 11 is 0. The predicted molar refractivity (Wildman–Crippen MR) is 74.3 cm³/mol. The SMILES string of the molecule is CC(N)C(c1cnn(C)c1)N(C)Cc1nccn1C. The van der Waals surface area contributed by atoms with Crippen molar-refractivity contribution in [2.75, 3.05) is 7.05 Å². The molecule has 6 heteroatoms. The van der Waals surface area contributed by atoms with Crippen molar-refractivity contribution in [3.05, 3.63) is 36.2 Å². The van der Waals surface area contributed by atoms with Gasteiger partial charge in [-0.3, -0.25) is 9.58 Å². The van der Waals surface area contributed by atoms with Crippen LogP contribution in [0, 0.1) is 0 Å². The number of imidazole rings is 1. The molecule has 6 nitrogen and oxygen atoms in total. The van der Waals surface area contributed by atoms with Gasteiger partial charge in [0.25, 0.3) is 0 Å². The van der Waals surface area contributed by atoms with Crippen molar-refractivity contribution >= 4 is 0 Å². The molecule has 0 aromatic carbocycles. The lowest BCUT2D eigenvalue weighted by molar-refractivity contribution is 0.204. The molecule has 2 aromatic heterocycles. The molecule has 2 rings (SSSR count). The molecule has 2 aromatic rings. The molecule has 0 radical (unpaired) electrons. The summed E-state index contributed by atoms with van der Waals surface area (Å²) in [5.74, 6) is 1.03. The van der Waals surface area contributed by atoms with Crippen molar-refractivity contribution in [1.29, 1.82) is 0 Å². The van der Waals surface area contributed by atoms with E-state index in [0.717, 1.165) is 17.9 Å². The molecule has 2 N–H and O–H groups in total. The van der Waals surface area contributed by atoms with Gasteiger partial charge in [0, 0.05) is 44.3 Å². The summed E-state index contributed by atoms with van der Waals surface area (Å²) in [6.45, 7) is 2.77. The molecule has 2 unspecified atom stereocenters. The van der Waals surface area contributed by atoms with Crippen molar-refractivity contribution in [3.63, 3.8) is 0 Å². The molecule has 2 atom stereocenters. The molecular formula is C13H22N6. The van der Waals surface area contributed by atoms with E-state index in [0.29, 0.717) is 0 Å². The molecule has 0 aliphatic carbocycles. The quantitative estimate of drug-likeness (QED) is 0.860. The van der Waals surface area contributed by atoms with Gasteiger partial charge >= 0.3 is 0 Å². The van der Waals surface area contributed by atoms with E-state index in [4.69, 9.17) is 5.73 Å². The predicted octanol–water partition coefficient (Wildman–Crippen LogP) is 0.674. The first-order valence-corrected chi connectivity index (χ1v) is 6.39. The van der Waals surface area contributed by atoms with E-state index in [1.807, 2.05) is 50.4 Å². The highest BCUT2D eigenvalue weighted by Crippen LogP contribution is 2.23. The minimum Gasteiger partial charge on any atom is -0.337 e. The van der Waals surface area contributed by atoms with Crippen LogP contribution in [0.2, 0.25) is 0 Å². The largest absolute Gasteiger partial charge is 0.337 e. The van der Waals surface area contributed by atoms with Crippen molar-refractivity contribution in [1.82, 2.24) is 24.2 Å². The number of hydrogen-bond donors (Lipinski definition) is 1. The van der Waals surface area contributed by atoms with Crippen LogP contribution in [0.3, 0.4) is 0 Å². The summed E-state index contributed by atoms with van der Waals surface area (Å²) in [5.41, 5.74) is 7.27. The molecule has 0 saturated carbocycles. The first-order valence-electron chi connectivity index (χ1n) is 6.39. The number of likely N-dealkylation sites (N-methyl/N-ethyl adjacent to an activating group) is 1. The van der Waals surface area contributed by atoms with Gasteiger partial charge < -0.3 is 10.3 Å². The summed E-state index contributed by atoms with van der Waals surface area (Å²) in [4.78, 5) is 6.57. The van der Waals surface area contributed by atoms with Crippen LogP contribution in [-0.4, -0.2) is 37.3 Å². The van der Waals surface area contributed by atoms with E-state index >= 15 is 0 Å². The topological polar surface area (TPSA) is 64.9 Å². The van der Waals surface area contributed by atoms with Crippen LogP contribution in [0.25, 0.3) is 0 Å². The molecule has 0 saturated heterocycles. The van der Waals surface area contributed by atoms with Crippen molar-refractivity contribution in [2.45, 2.75) is 25.6 Å². The smallest absolute Gasteiger partial charge is 0.122 e. The van der Waals surface area contributed by atoms with Crippen LogP contribution in [-0.2, 0) is 20.6 Å². The minimum atomic E-state index is 0.0227. The molecule has 0 fully saturated rings. The van der Waals surface area contributed by atoms with Crippen LogP contribution in [0.15, 0.2) is 24.8 Å². The summed E-state index contributed by atoms with van der Waals surface area (Å²) in [5, 5.41) is 4.23. The summed E-state index contributed by atoms with van der Waals surface area (Å²) in [7, 11) is 5.98. The Hall–Kier alpha value is -1.66. The molecule has 19 heavy (non-hydrogen) atoms. The Balaban J connectivity index is 2.18. The maximum absolute atomic E-state index is 6.14. The lowest BCUT2D eigenvalue weighted by Gasteiger charge is -2.30. The minimum absolute atomic E-state index is 0.0227. The highest BCUT2D eigenvalue weighted by atomic mass is 15.3. The first kappa shape index (κ1) is 13.8. The van der Waals surface area contributed by atoms with E-state index < -0.39 is 0 Å². The average Bonchev–Trinajstić information content (AvgIpc) is 2.89. The lowest BCUT2D eigenvalue weighted by atomic mass is 10.0. The number of hydrogen-bond acceptors (Lipinski definition) is 4. The average molecular weight is 262 g/mol. The lowest BCUT2D eigenvalue weighted by Crippen LogP contribution is -2.37. The van der Waals surface area contributed by atoms with E-state index in [-0.39, 0.29) is 12.1 Å². The number of aromatic nitrogens is 4. The third-order valence-electron chi connectivity index (χ3n) is 3.35. The summed E-state index contributed by atoms with van der Waals surface area (Å²) in [6.07, 6.45) is 7.66. The maximum atomic E-state index is 6.14. The van der Waals surface area contributed by atoms with Gasteiger partial charge in [0.05, 0.1) is 18.8 Å². The van der Waals surface area contributed by atoms with Gasteiger partial charge in [-0.15, -0.1) is 0 Å². The van der Waals surface area contributed by atoms with E-state index in [9.17, 15) is 0 Å². The van der Waals surface area contributed by atoms with Gasteiger partial charge in [0.1, 0.15) is 5.82 Å². The molecule has 0 bridgehead atoms. The number of aryl methyl sites for hydroxylation is 2. The monoisotopic (exact) mass is 262 g/mol. The Kier molecular flexibility index (Phi) is 4.01. The molecular weight excluding hydrogens is 240 g/mol. The van der Waals surface area contributed by atoms with Crippen molar-refractivity contribution in [3.8, 4) is 0 Å². The Morgan fingerprint density at radius 1 is 1.42 bits per heavy atom. The number of nitrogens with zero attached hydrogens (tertiary/aromatic N) is 5. The number of nitrogens with two attached hydrogens (primary N) is 1. The van der Waals surface area contributed by atoms with Gasteiger partial charge in [0.2, 0.25) is 0 Å². The molecule has 0 aliphatic heterocycles. The zero-order valence-electron chi connectivity index (χ0n) is 12.0. The third kappa shape index (κ3) is 3.02. The van der Waals surface area contributed by atoms with Crippen LogP contribution in [0.4, 0.5) is 0 Å².